The molecule has 0 bridgehead atoms. The Labute approximate surface area is 130 Å². The molecule has 0 aliphatic rings. The second-order valence-corrected chi connectivity index (χ2v) is 7.15. The molecule has 0 saturated carbocycles. The maximum atomic E-state index is 12.3. The Kier molecular flexibility index (Phi) is 4.52. The third-order valence-corrected chi connectivity index (χ3v) is 4.29. The van der Waals surface area contributed by atoms with Gasteiger partial charge in [0.05, 0.1) is 5.75 Å². The molecule has 0 atom stereocenters. The van der Waals surface area contributed by atoms with Crippen molar-refractivity contribution in [3.8, 4) is 6.07 Å². The first-order valence-electron chi connectivity index (χ1n) is 6.86. The molecule has 2 aromatic rings. The Morgan fingerprint density at radius 2 is 2.14 bits per heavy atom. The molecule has 2 rings (SSSR count). The summed E-state index contributed by atoms with van der Waals surface area (Å²) in [5.41, 5.74) is 1.89. The molecule has 1 N–H and O–H groups in total. The third-order valence-electron chi connectivity index (χ3n) is 3.07. The second-order valence-electron chi connectivity index (χ2n) is 5.43. The van der Waals surface area contributed by atoms with Crippen LogP contribution in [-0.2, 0) is 15.8 Å². The molecular weight excluding hydrogens is 300 g/mol. The molecule has 7 heteroatoms. The maximum absolute atomic E-state index is 12.3. The number of nitrogens with one attached hydrogen (secondary N) is 1. The molecule has 0 spiro atoms. The van der Waals surface area contributed by atoms with Crippen LogP contribution < -0.4 is 4.72 Å². The monoisotopic (exact) mass is 318 g/mol. The van der Waals surface area contributed by atoms with E-state index in [9.17, 15) is 8.42 Å². The van der Waals surface area contributed by atoms with Gasteiger partial charge in [-0.15, -0.1) is 0 Å². The number of aromatic nitrogens is 2. The van der Waals surface area contributed by atoms with Crippen molar-refractivity contribution in [1.29, 1.82) is 5.26 Å². The van der Waals surface area contributed by atoms with E-state index in [-0.39, 0.29) is 23.2 Å². The minimum atomic E-state index is -3.63. The zero-order valence-electron chi connectivity index (χ0n) is 12.7. The highest BCUT2D eigenvalue weighted by molar-refractivity contribution is 7.91. The second kappa shape index (κ2) is 6.20. The lowest BCUT2D eigenvalue weighted by atomic mass is 10.2. The number of hydrogen-bond donors (Lipinski definition) is 1. The van der Waals surface area contributed by atoms with Gasteiger partial charge in [0.25, 0.3) is 0 Å². The Morgan fingerprint density at radius 3 is 2.73 bits per heavy atom. The van der Waals surface area contributed by atoms with Gasteiger partial charge in [-0.1, -0.05) is 29.8 Å². The first-order valence-corrected chi connectivity index (χ1v) is 8.51. The summed E-state index contributed by atoms with van der Waals surface area (Å²) in [5.74, 6) is -0.0856. The number of rotatable bonds is 5. The summed E-state index contributed by atoms with van der Waals surface area (Å²) in [7, 11) is -3.63. The molecule has 0 amide bonds. The summed E-state index contributed by atoms with van der Waals surface area (Å²) in [4.78, 5) is 0. The van der Waals surface area contributed by atoms with E-state index in [1.807, 2.05) is 45.0 Å². The zero-order valence-corrected chi connectivity index (χ0v) is 13.6. The molecule has 22 heavy (non-hydrogen) atoms. The number of nitriles is 1. The third kappa shape index (κ3) is 3.86. The van der Waals surface area contributed by atoms with Gasteiger partial charge in [0.1, 0.15) is 11.6 Å². The van der Waals surface area contributed by atoms with Gasteiger partial charge in [-0.05, 0) is 26.3 Å². The van der Waals surface area contributed by atoms with Gasteiger partial charge in [0, 0.05) is 12.2 Å². The number of benzene rings is 1. The van der Waals surface area contributed by atoms with Gasteiger partial charge in [-0.3, -0.25) is 9.40 Å². The van der Waals surface area contributed by atoms with Gasteiger partial charge in [0.15, 0.2) is 5.82 Å². The van der Waals surface area contributed by atoms with Crippen LogP contribution in [0.5, 0.6) is 0 Å². The van der Waals surface area contributed by atoms with Crippen LogP contribution in [0, 0.1) is 18.3 Å². The number of aryl methyl sites for hydroxylation is 1. The number of sulfonamides is 1. The van der Waals surface area contributed by atoms with Crippen molar-refractivity contribution < 1.29 is 8.42 Å². The first kappa shape index (κ1) is 16.0. The van der Waals surface area contributed by atoms with Crippen molar-refractivity contribution >= 4 is 15.8 Å². The predicted octanol–water partition coefficient (Wildman–Crippen LogP) is 2.59. The SMILES string of the molecule is Cc1cccc(CS(=O)(=O)Nc2nn(C(C)C)cc2C#N)c1. The Bertz CT molecular complexity index is 816. The molecular formula is C15H18N4O2S. The van der Waals surface area contributed by atoms with Gasteiger partial charge < -0.3 is 0 Å². The first-order chi connectivity index (χ1) is 10.3. The fourth-order valence-electron chi connectivity index (χ4n) is 2.02. The van der Waals surface area contributed by atoms with E-state index in [0.717, 1.165) is 5.56 Å². The Balaban J connectivity index is 2.24. The minimum absolute atomic E-state index is 0.0436. The smallest absolute Gasteiger partial charge is 0.238 e. The number of hydrogen-bond acceptors (Lipinski definition) is 4. The lowest BCUT2D eigenvalue weighted by Gasteiger charge is -2.07. The highest BCUT2D eigenvalue weighted by Crippen LogP contribution is 2.18. The minimum Gasteiger partial charge on any atom is -0.267 e. The van der Waals surface area contributed by atoms with E-state index in [0.29, 0.717) is 5.56 Å². The Morgan fingerprint density at radius 1 is 1.41 bits per heavy atom. The topological polar surface area (TPSA) is 87.8 Å². The summed E-state index contributed by atoms with van der Waals surface area (Å²) < 4.78 is 28.5. The summed E-state index contributed by atoms with van der Waals surface area (Å²) in [6.45, 7) is 5.71. The molecule has 1 heterocycles. The van der Waals surface area contributed by atoms with Gasteiger partial charge in [-0.25, -0.2) is 8.42 Å². The summed E-state index contributed by atoms with van der Waals surface area (Å²) in [6.07, 6.45) is 1.54. The van der Waals surface area contributed by atoms with Crippen molar-refractivity contribution in [2.75, 3.05) is 4.72 Å². The molecule has 0 saturated heterocycles. The fourth-order valence-corrected chi connectivity index (χ4v) is 3.15. The van der Waals surface area contributed by atoms with Crippen LogP contribution in [0.4, 0.5) is 5.82 Å². The molecule has 0 aliphatic carbocycles. The average Bonchev–Trinajstić information content (AvgIpc) is 2.80. The van der Waals surface area contributed by atoms with Crippen LogP contribution in [0.2, 0.25) is 0 Å². The molecule has 6 nitrogen and oxygen atoms in total. The van der Waals surface area contributed by atoms with Crippen LogP contribution in [0.15, 0.2) is 30.5 Å². The number of nitrogens with zero attached hydrogens (tertiary/aromatic N) is 3. The van der Waals surface area contributed by atoms with Crippen molar-refractivity contribution in [3.05, 3.63) is 47.2 Å². The van der Waals surface area contributed by atoms with Crippen LogP contribution >= 0.6 is 0 Å². The zero-order chi connectivity index (χ0) is 16.3. The normalized spacial score (nSPS) is 11.4. The summed E-state index contributed by atoms with van der Waals surface area (Å²) in [5, 5.41) is 13.2. The highest BCUT2D eigenvalue weighted by atomic mass is 32.2. The van der Waals surface area contributed by atoms with Crippen molar-refractivity contribution in [2.24, 2.45) is 0 Å². The fraction of sp³-hybridized carbons (Fsp3) is 0.333. The molecule has 1 aromatic heterocycles. The number of anilines is 1. The maximum Gasteiger partial charge on any atom is 0.238 e. The van der Waals surface area contributed by atoms with Crippen LogP contribution in [0.25, 0.3) is 0 Å². The van der Waals surface area contributed by atoms with E-state index in [2.05, 4.69) is 9.82 Å². The summed E-state index contributed by atoms with van der Waals surface area (Å²) >= 11 is 0. The molecule has 0 radical (unpaired) electrons. The van der Waals surface area contributed by atoms with E-state index in [1.54, 1.807) is 10.7 Å². The molecule has 0 aliphatic heterocycles. The van der Waals surface area contributed by atoms with E-state index >= 15 is 0 Å². The molecule has 0 fully saturated rings. The lowest BCUT2D eigenvalue weighted by molar-refractivity contribution is 0.534. The van der Waals surface area contributed by atoms with Crippen molar-refractivity contribution in [3.63, 3.8) is 0 Å². The van der Waals surface area contributed by atoms with Crippen LogP contribution in [0.1, 0.15) is 36.6 Å². The largest absolute Gasteiger partial charge is 0.267 e. The van der Waals surface area contributed by atoms with Crippen molar-refractivity contribution in [2.45, 2.75) is 32.6 Å². The molecule has 1 aromatic carbocycles. The summed E-state index contributed by atoms with van der Waals surface area (Å²) in [6, 6.07) is 9.29. The predicted molar refractivity (Wildman–Crippen MR) is 84.8 cm³/mol. The quantitative estimate of drug-likeness (QED) is 0.917. The van der Waals surface area contributed by atoms with Gasteiger partial charge in [-0.2, -0.15) is 10.4 Å². The van der Waals surface area contributed by atoms with E-state index in [1.165, 1.54) is 6.20 Å². The van der Waals surface area contributed by atoms with E-state index in [4.69, 9.17) is 5.26 Å². The van der Waals surface area contributed by atoms with Gasteiger partial charge in [0.2, 0.25) is 10.0 Å². The average molecular weight is 318 g/mol. The Hall–Kier alpha value is -2.33. The van der Waals surface area contributed by atoms with Crippen LogP contribution in [-0.4, -0.2) is 18.2 Å². The standard InChI is InChI=1S/C15H18N4O2S/c1-11(2)19-9-14(8-16)15(17-19)18-22(20,21)10-13-6-4-5-12(3)7-13/h4-7,9,11H,10H2,1-3H3,(H,17,18). The molecule has 116 valence electrons. The molecule has 0 unspecified atom stereocenters. The van der Waals surface area contributed by atoms with E-state index < -0.39 is 10.0 Å². The lowest BCUT2D eigenvalue weighted by Crippen LogP contribution is -2.16. The van der Waals surface area contributed by atoms with Crippen molar-refractivity contribution in [1.82, 2.24) is 9.78 Å². The van der Waals surface area contributed by atoms with Gasteiger partial charge >= 0.3 is 0 Å². The highest BCUT2D eigenvalue weighted by Gasteiger charge is 2.18. The van der Waals surface area contributed by atoms with Crippen LogP contribution in [0.3, 0.4) is 0 Å².